The van der Waals surface area contributed by atoms with Gasteiger partial charge in [-0.15, -0.1) is 0 Å². The summed E-state index contributed by atoms with van der Waals surface area (Å²) in [5.41, 5.74) is 0. The molecule has 0 aliphatic carbocycles. The summed E-state index contributed by atoms with van der Waals surface area (Å²) in [6.07, 6.45) is 1.14. The Hall–Kier alpha value is -1.10. The van der Waals surface area contributed by atoms with E-state index in [2.05, 4.69) is 17.1 Å². The standard InChI is InChI=1S/C9H15N3O2/c1-2-3-11-4-7(5-11)12-6-8(13)10-9(12)14/h7H,2-6H2,1H3,(H,10,13,14). The minimum atomic E-state index is -0.226. The second kappa shape index (κ2) is 3.57. The van der Waals surface area contributed by atoms with E-state index in [1.165, 1.54) is 0 Å². The summed E-state index contributed by atoms with van der Waals surface area (Å²) in [5.74, 6) is -0.177. The maximum atomic E-state index is 11.3. The van der Waals surface area contributed by atoms with Crippen LogP contribution < -0.4 is 5.32 Å². The van der Waals surface area contributed by atoms with Gasteiger partial charge in [0.05, 0.1) is 6.04 Å². The number of urea groups is 1. The summed E-state index contributed by atoms with van der Waals surface area (Å²) >= 11 is 0. The lowest BCUT2D eigenvalue weighted by Crippen LogP contribution is -2.60. The number of hydrogen-bond acceptors (Lipinski definition) is 3. The van der Waals surface area contributed by atoms with Gasteiger partial charge in [-0.05, 0) is 13.0 Å². The van der Waals surface area contributed by atoms with E-state index < -0.39 is 0 Å². The Labute approximate surface area is 83.0 Å². The summed E-state index contributed by atoms with van der Waals surface area (Å²) in [7, 11) is 0. The van der Waals surface area contributed by atoms with Crippen molar-refractivity contribution in [2.75, 3.05) is 26.2 Å². The zero-order valence-corrected chi connectivity index (χ0v) is 8.32. The van der Waals surface area contributed by atoms with Crippen LogP contribution in [-0.2, 0) is 4.79 Å². The molecule has 0 spiro atoms. The van der Waals surface area contributed by atoms with Gasteiger partial charge in [-0.2, -0.15) is 0 Å². The van der Waals surface area contributed by atoms with Gasteiger partial charge in [0.2, 0.25) is 5.91 Å². The van der Waals surface area contributed by atoms with E-state index in [1.807, 2.05) is 0 Å². The van der Waals surface area contributed by atoms with Crippen LogP contribution in [0.1, 0.15) is 13.3 Å². The van der Waals surface area contributed by atoms with Gasteiger partial charge in [0.15, 0.2) is 0 Å². The Morgan fingerprint density at radius 3 is 2.64 bits per heavy atom. The molecule has 0 aromatic heterocycles. The molecule has 2 rings (SSSR count). The molecule has 5 nitrogen and oxygen atoms in total. The molecule has 0 unspecified atom stereocenters. The van der Waals surface area contributed by atoms with Crippen molar-refractivity contribution in [3.8, 4) is 0 Å². The number of rotatable bonds is 3. The zero-order valence-electron chi connectivity index (χ0n) is 8.32. The largest absolute Gasteiger partial charge is 0.324 e. The number of carbonyl (C=O) groups is 2. The van der Waals surface area contributed by atoms with Crippen molar-refractivity contribution in [3.63, 3.8) is 0 Å². The van der Waals surface area contributed by atoms with Crippen molar-refractivity contribution in [2.45, 2.75) is 19.4 Å². The first-order chi connectivity index (χ1) is 6.70. The fraction of sp³-hybridized carbons (Fsp3) is 0.778. The summed E-state index contributed by atoms with van der Waals surface area (Å²) in [6, 6.07) is 0.0177. The second-order valence-electron chi connectivity index (χ2n) is 3.89. The average Bonchev–Trinajstić information content (AvgIpc) is 2.37. The fourth-order valence-electron chi connectivity index (χ4n) is 1.99. The van der Waals surface area contributed by atoms with Crippen LogP contribution in [0.5, 0.6) is 0 Å². The molecular formula is C9H15N3O2. The van der Waals surface area contributed by atoms with Gasteiger partial charge in [0, 0.05) is 13.1 Å². The molecule has 2 heterocycles. The van der Waals surface area contributed by atoms with Crippen molar-refractivity contribution < 1.29 is 9.59 Å². The third-order valence-corrected chi connectivity index (χ3v) is 2.74. The van der Waals surface area contributed by atoms with Crippen LogP contribution in [0.4, 0.5) is 4.79 Å². The molecule has 14 heavy (non-hydrogen) atoms. The molecule has 0 atom stereocenters. The fourth-order valence-corrected chi connectivity index (χ4v) is 1.99. The van der Waals surface area contributed by atoms with Gasteiger partial charge in [-0.1, -0.05) is 6.92 Å². The SMILES string of the molecule is CCCN1CC(N2CC(=O)NC2=O)C1. The third kappa shape index (κ3) is 1.59. The number of nitrogens with one attached hydrogen (secondary N) is 1. The van der Waals surface area contributed by atoms with Crippen LogP contribution in [0.3, 0.4) is 0 Å². The molecule has 2 aliphatic rings. The Kier molecular flexibility index (Phi) is 2.41. The minimum Gasteiger partial charge on any atom is -0.310 e. The summed E-state index contributed by atoms with van der Waals surface area (Å²) in [6.45, 7) is 5.28. The van der Waals surface area contributed by atoms with E-state index in [0.29, 0.717) is 0 Å². The highest BCUT2D eigenvalue weighted by Gasteiger charge is 2.38. The molecule has 78 valence electrons. The molecule has 2 saturated heterocycles. The van der Waals surface area contributed by atoms with Crippen LogP contribution in [0.2, 0.25) is 0 Å². The molecular weight excluding hydrogens is 182 g/mol. The Morgan fingerprint density at radius 2 is 2.14 bits per heavy atom. The molecule has 0 aromatic carbocycles. The van der Waals surface area contributed by atoms with Crippen LogP contribution >= 0.6 is 0 Å². The molecule has 0 radical (unpaired) electrons. The van der Waals surface area contributed by atoms with E-state index in [0.717, 1.165) is 26.1 Å². The van der Waals surface area contributed by atoms with Gasteiger partial charge in [-0.25, -0.2) is 4.79 Å². The Balaban J connectivity index is 1.82. The Bertz CT molecular complexity index is 261. The second-order valence-corrected chi connectivity index (χ2v) is 3.89. The van der Waals surface area contributed by atoms with Crippen LogP contribution in [0.25, 0.3) is 0 Å². The maximum absolute atomic E-state index is 11.3. The smallest absolute Gasteiger partial charge is 0.310 e. The molecule has 3 amide bonds. The van der Waals surface area contributed by atoms with E-state index in [1.54, 1.807) is 4.90 Å². The van der Waals surface area contributed by atoms with Gasteiger partial charge in [-0.3, -0.25) is 15.0 Å². The predicted octanol–water partition coefficient (Wildman–Crippen LogP) is -0.368. The molecule has 0 aromatic rings. The number of hydrogen-bond donors (Lipinski definition) is 1. The van der Waals surface area contributed by atoms with Crippen molar-refractivity contribution in [2.24, 2.45) is 0 Å². The number of nitrogens with zero attached hydrogens (tertiary/aromatic N) is 2. The highest BCUT2D eigenvalue weighted by Crippen LogP contribution is 2.16. The number of likely N-dealkylation sites (tertiary alicyclic amines) is 1. The van der Waals surface area contributed by atoms with Gasteiger partial charge in [0.25, 0.3) is 0 Å². The lowest BCUT2D eigenvalue weighted by molar-refractivity contribution is -0.118. The third-order valence-electron chi connectivity index (χ3n) is 2.74. The van der Waals surface area contributed by atoms with Gasteiger partial charge in [0.1, 0.15) is 6.54 Å². The van der Waals surface area contributed by atoms with Crippen LogP contribution in [0.15, 0.2) is 0 Å². The summed E-state index contributed by atoms with van der Waals surface area (Å²) in [4.78, 5) is 26.1. The van der Waals surface area contributed by atoms with E-state index in [4.69, 9.17) is 0 Å². The molecule has 0 bridgehead atoms. The van der Waals surface area contributed by atoms with Crippen molar-refractivity contribution in [1.29, 1.82) is 0 Å². The van der Waals surface area contributed by atoms with Crippen molar-refractivity contribution in [3.05, 3.63) is 0 Å². The highest BCUT2D eigenvalue weighted by molar-refractivity contribution is 6.02. The first kappa shape index (κ1) is 9.45. The van der Waals surface area contributed by atoms with E-state index in [-0.39, 0.29) is 24.5 Å². The van der Waals surface area contributed by atoms with Gasteiger partial charge >= 0.3 is 6.03 Å². The molecule has 2 aliphatic heterocycles. The summed E-state index contributed by atoms with van der Waals surface area (Å²) in [5, 5.41) is 2.29. The normalized spacial score (nSPS) is 23.9. The monoisotopic (exact) mass is 197 g/mol. The molecule has 5 heteroatoms. The average molecular weight is 197 g/mol. The lowest BCUT2D eigenvalue weighted by Gasteiger charge is -2.43. The zero-order chi connectivity index (χ0) is 10.1. The first-order valence-electron chi connectivity index (χ1n) is 5.03. The lowest BCUT2D eigenvalue weighted by atomic mass is 10.1. The first-order valence-corrected chi connectivity index (χ1v) is 5.03. The molecule has 2 fully saturated rings. The molecule has 0 saturated carbocycles. The van der Waals surface area contributed by atoms with Crippen molar-refractivity contribution in [1.82, 2.24) is 15.1 Å². The minimum absolute atomic E-state index is 0.177. The van der Waals surface area contributed by atoms with E-state index in [9.17, 15) is 9.59 Å². The number of imide groups is 1. The number of carbonyl (C=O) groups excluding carboxylic acids is 2. The molecule has 1 N–H and O–H groups in total. The summed E-state index contributed by atoms with van der Waals surface area (Å²) < 4.78 is 0. The van der Waals surface area contributed by atoms with Crippen molar-refractivity contribution >= 4 is 11.9 Å². The van der Waals surface area contributed by atoms with E-state index >= 15 is 0 Å². The predicted molar refractivity (Wildman–Crippen MR) is 50.8 cm³/mol. The van der Waals surface area contributed by atoms with Gasteiger partial charge < -0.3 is 4.90 Å². The Morgan fingerprint density at radius 1 is 1.43 bits per heavy atom. The van der Waals surface area contributed by atoms with Crippen LogP contribution in [0, 0.1) is 0 Å². The quantitative estimate of drug-likeness (QED) is 0.628. The number of amides is 3. The topological polar surface area (TPSA) is 52.6 Å². The highest BCUT2D eigenvalue weighted by atomic mass is 16.2. The van der Waals surface area contributed by atoms with Crippen LogP contribution in [-0.4, -0.2) is 54.0 Å². The maximum Gasteiger partial charge on any atom is 0.324 e.